The van der Waals surface area contributed by atoms with Gasteiger partial charge in [-0.1, -0.05) is 77.5 Å². The summed E-state index contributed by atoms with van der Waals surface area (Å²) in [5, 5.41) is 47.3. The first-order chi connectivity index (χ1) is 24.0. The number of aliphatic hydroxyl groups is 3. The van der Waals surface area contributed by atoms with Gasteiger partial charge in [0.2, 0.25) is 0 Å². The first kappa shape index (κ1) is 40.2. The average Bonchev–Trinajstić information content (AvgIpc) is 3.64. The quantitative estimate of drug-likeness (QED) is 0.0489. The fraction of sp³-hybridized carbons (Fsp3) is 0.738. The van der Waals surface area contributed by atoms with Crippen LogP contribution in [0.1, 0.15) is 135 Å². The lowest BCUT2D eigenvalue weighted by atomic mass is 9.80. The molecule has 2 heterocycles. The third kappa shape index (κ3) is 12.6. The molecule has 1 aromatic heterocycles. The summed E-state index contributed by atoms with van der Waals surface area (Å²) in [4.78, 5) is 15.8. The van der Waals surface area contributed by atoms with E-state index in [2.05, 4.69) is 61.6 Å². The number of unbranched alkanes of at least 4 members (excludes halogenated alkanes) is 4. The predicted octanol–water partition coefficient (Wildman–Crippen LogP) is 7.55. The van der Waals surface area contributed by atoms with Crippen LogP contribution in [-0.2, 0) is 17.6 Å². The Kier molecular flexibility index (Phi) is 16.0. The summed E-state index contributed by atoms with van der Waals surface area (Å²) in [6, 6.07) is 2.24. The lowest BCUT2D eigenvalue weighted by Crippen LogP contribution is -2.37. The first-order valence-corrected chi connectivity index (χ1v) is 20.0. The van der Waals surface area contributed by atoms with Crippen molar-refractivity contribution in [3.05, 3.63) is 59.2 Å². The van der Waals surface area contributed by atoms with E-state index in [1.54, 1.807) is 0 Å². The second kappa shape index (κ2) is 19.9. The number of hydrogen-bond acceptors (Lipinski definition) is 6. The molecule has 1 aliphatic heterocycles. The second-order valence-corrected chi connectivity index (χ2v) is 16.5. The van der Waals surface area contributed by atoms with Gasteiger partial charge in [-0.25, -0.2) is 0 Å². The Morgan fingerprint density at radius 1 is 1.04 bits per heavy atom. The zero-order valence-corrected chi connectivity index (χ0v) is 31.3. The molecular formula is C42H69N3O5. The number of aryl methyl sites for hydroxylation is 1. The minimum absolute atomic E-state index is 0.0130. The molecule has 3 aliphatic rings. The fourth-order valence-electron chi connectivity index (χ4n) is 8.82. The number of rotatable bonds is 22. The van der Waals surface area contributed by atoms with Gasteiger partial charge in [0.25, 0.3) is 0 Å². The van der Waals surface area contributed by atoms with Gasteiger partial charge in [0.1, 0.15) is 0 Å². The van der Waals surface area contributed by atoms with Crippen LogP contribution in [0.25, 0.3) is 0 Å². The van der Waals surface area contributed by atoms with Crippen molar-refractivity contribution in [1.29, 1.82) is 0 Å². The van der Waals surface area contributed by atoms with Crippen molar-refractivity contribution in [2.24, 2.45) is 41.2 Å². The molecule has 4 rings (SSSR count). The number of aliphatic carboxylic acids is 1. The Morgan fingerprint density at radius 2 is 1.84 bits per heavy atom. The number of allylic oxidation sites excluding steroid dienone is 3. The highest BCUT2D eigenvalue weighted by Crippen LogP contribution is 2.47. The van der Waals surface area contributed by atoms with E-state index in [1.165, 1.54) is 30.4 Å². The van der Waals surface area contributed by atoms with E-state index in [0.717, 1.165) is 76.3 Å². The molecule has 8 atom stereocenters. The number of aromatic nitrogens is 1. The number of H-pyrrole nitrogens is 1. The lowest BCUT2D eigenvalue weighted by Gasteiger charge is -2.32. The third-order valence-corrected chi connectivity index (χ3v) is 11.9. The molecule has 1 fully saturated rings. The molecule has 282 valence electrons. The zero-order valence-electron chi connectivity index (χ0n) is 31.3. The van der Waals surface area contributed by atoms with Crippen molar-refractivity contribution in [1.82, 2.24) is 10.3 Å². The molecule has 8 heteroatoms. The summed E-state index contributed by atoms with van der Waals surface area (Å²) in [5.41, 5.74) is 8.68. The molecule has 0 unspecified atom stereocenters. The van der Waals surface area contributed by atoms with Gasteiger partial charge in [-0.05, 0) is 124 Å². The van der Waals surface area contributed by atoms with E-state index < -0.39 is 23.6 Å². The highest BCUT2D eigenvalue weighted by atomic mass is 16.4. The van der Waals surface area contributed by atoms with Gasteiger partial charge >= 0.3 is 5.97 Å². The molecule has 0 radical (unpaired) electrons. The first-order valence-electron chi connectivity index (χ1n) is 20.0. The van der Waals surface area contributed by atoms with Crippen molar-refractivity contribution in [3.8, 4) is 0 Å². The third-order valence-electron chi connectivity index (χ3n) is 11.9. The topological polar surface area (TPSA) is 152 Å². The van der Waals surface area contributed by atoms with Crippen LogP contribution in [0.3, 0.4) is 0 Å². The van der Waals surface area contributed by atoms with Crippen molar-refractivity contribution in [3.63, 3.8) is 0 Å². The van der Waals surface area contributed by atoms with E-state index in [-0.39, 0.29) is 30.3 Å². The molecule has 1 aromatic rings. The van der Waals surface area contributed by atoms with Crippen LogP contribution in [0.4, 0.5) is 0 Å². The van der Waals surface area contributed by atoms with Gasteiger partial charge in [-0.3, -0.25) is 4.79 Å². The van der Waals surface area contributed by atoms with E-state index in [0.29, 0.717) is 43.5 Å². The summed E-state index contributed by atoms with van der Waals surface area (Å²) in [7, 11) is 0. The molecule has 50 heavy (non-hydrogen) atoms. The Balaban J connectivity index is 1.29. The molecule has 0 saturated heterocycles. The van der Waals surface area contributed by atoms with Crippen molar-refractivity contribution in [2.45, 2.75) is 154 Å². The summed E-state index contributed by atoms with van der Waals surface area (Å²) < 4.78 is 0. The summed E-state index contributed by atoms with van der Waals surface area (Å²) in [6.45, 7) is 7.40. The standard InChI is InChI=1S/C42H69N3O5/c1-4-5-7-10-30-15-16-34(39(47)24-30)11-8-6-9-12-37(41(48)49)38(46)17-19-42(50)27-33(21-31-18-20-44-40(43)25-31)22-35(42)26-36-23-32(28-45-36)14-13-29(2)3/h15-16,18,23,25,28-30,33-35,37-39,44-47,50H,4-14,17,19-22,24,26-27,43H2,1-3H3,(H,48,49)/t30-,33-,34-,35+,37+,38-,39-,42+/m1/s1. The second-order valence-electron chi connectivity index (χ2n) is 16.5. The molecular weight excluding hydrogens is 626 g/mol. The van der Waals surface area contributed by atoms with Crippen molar-refractivity contribution >= 4 is 5.97 Å². The number of hydrogen-bond donors (Lipinski definition) is 7. The Morgan fingerprint density at radius 3 is 2.56 bits per heavy atom. The Bertz CT molecular complexity index is 1270. The zero-order chi connectivity index (χ0) is 36.1. The number of aliphatic hydroxyl groups excluding tert-OH is 2. The van der Waals surface area contributed by atoms with Gasteiger partial charge in [-0.15, -0.1) is 0 Å². The molecule has 2 aliphatic carbocycles. The summed E-state index contributed by atoms with van der Waals surface area (Å²) >= 11 is 0. The summed E-state index contributed by atoms with van der Waals surface area (Å²) in [5.74, 6) is 0.460. The van der Waals surface area contributed by atoms with Gasteiger partial charge in [-0.2, -0.15) is 0 Å². The van der Waals surface area contributed by atoms with E-state index in [9.17, 15) is 25.2 Å². The predicted molar refractivity (Wildman–Crippen MR) is 202 cm³/mol. The number of carboxylic acids is 1. The van der Waals surface area contributed by atoms with E-state index in [1.807, 2.05) is 6.08 Å². The van der Waals surface area contributed by atoms with Crippen molar-refractivity contribution in [2.75, 3.05) is 6.54 Å². The Labute approximate surface area is 302 Å². The number of nitrogens with one attached hydrogen (secondary N) is 2. The highest BCUT2D eigenvalue weighted by molar-refractivity contribution is 5.70. The van der Waals surface area contributed by atoms with Crippen LogP contribution >= 0.6 is 0 Å². The lowest BCUT2D eigenvalue weighted by molar-refractivity contribution is -0.146. The van der Waals surface area contributed by atoms with Crippen LogP contribution in [0, 0.1) is 35.5 Å². The SMILES string of the molecule is CCCCC[C@@H]1C=C[C@@H](CCCCC[C@H](C(=O)O)[C@H](O)CC[C@]2(O)C[C@H](CC3=CCNC(N)=C3)C[C@H]2Cc2cc(CCC(C)C)c[nH]2)[C@H](O)C1. The molecule has 8 N–H and O–H groups in total. The normalized spacial score (nSPS) is 27.9. The summed E-state index contributed by atoms with van der Waals surface area (Å²) in [6.07, 6.45) is 24.9. The minimum Gasteiger partial charge on any atom is -0.481 e. The highest BCUT2D eigenvalue weighted by Gasteiger charge is 2.46. The monoisotopic (exact) mass is 696 g/mol. The molecule has 1 saturated carbocycles. The van der Waals surface area contributed by atoms with Gasteiger partial charge < -0.3 is 36.5 Å². The molecule has 0 amide bonds. The van der Waals surface area contributed by atoms with Crippen LogP contribution in [0.2, 0.25) is 0 Å². The largest absolute Gasteiger partial charge is 0.481 e. The van der Waals surface area contributed by atoms with Gasteiger partial charge in [0.05, 0.1) is 29.5 Å². The van der Waals surface area contributed by atoms with Crippen LogP contribution in [-0.4, -0.2) is 55.7 Å². The van der Waals surface area contributed by atoms with Gasteiger partial charge in [0.15, 0.2) is 0 Å². The molecule has 0 spiro atoms. The maximum Gasteiger partial charge on any atom is 0.309 e. The Hall–Kier alpha value is -2.55. The van der Waals surface area contributed by atoms with E-state index >= 15 is 0 Å². The number of aromatic amines is 1. The average molecular weight is 696 g/mol. The number of nitrogens with two attached hydrogens (primary N) is 1. The maximum atomic E-state index is 12.3. The number of dihydropyridines is 1. The minimum atomic E-state index is -1.01. The van der Waals surface area contributed by atoms with Crippen LogP contribution < -0.4 is 11.1 Å². The molecule has 8 nitrogen and oxygen atoms in total. The maximum absolute atomic E-state index is 12.3. The number of carbonyl (C=O) groups is 1. The van der Waals surface area contributed by atoms with Crippen molar-refractivity contribution < 1.29 is 25.2 Å². The molecule has 0 bridgehead atoms. The van der Waals surface area contributed by atoms with Crippen LogP contribution in [0.5, 0.6) is 0 Å². The van der Waals surface area contributed by atoms with Gasteiger partial charge in [0, 0.05) is 24.4 Å². The smallest absolute Gasteiger partial charge is 0.309 e. The fourth-order valence-corrected chi connectivity index (χ4v) is 8.82. The molecule has 0 aromatic carbocycles. The van der Waals surface area contributed by atoms with Crippen LogP contribution in [0.15, 0.2) is 48.0 Å². The van der Waals surface area contributed by atoms with E-state index in [4.69, 9.17) is 5.73 Å². The number of carboxylic acid groups (broad SMARTS) is 1.